The first kappa shape index (κ1) is 19.8. The lowest BCUT2D eigenvalue weighted by Gasteiger charge is -2.23. The van der Waals surface area contributed by atoms with Crippen molar-refractivity contribution < 1.29 is 4.79 Å². The number of amides is 1. The van der Waals surface area contributed by atoms with Crippen molar-refractivity contribution in [2.75, 3.05) is 0 Å². The SMILES string of the molecule is C[C@@H](C(=O)NC(c1ccccc1)c1ccccc1)n1c(=S)[nH]c2ccccc2c1=O. The lowest BCUT2D eigenvalue weighted by atomic mass is 9.98. The van der Waals surface area contributed by atoms with Crippen molar-refractivity contribution in [2.45, 2.75) is 19.0 Å². The number of carbonyl (C=O) groups is 1. The summed E-state index contributed by atoms with van der Waals surface area (Å²) < 4.78 is 1.55. The summed E-state index contributed by atoms with van der Waals surface area (Å²) in [6, 6.07) is 25.5. The average molecular weight is 416 g/mol. The Morgan fingerprint density at radius 2 is 1.43 bits per heavy atom. The van der Waals surface area contributed by atoms with E-state index in [4.69, 9.17) is 12.2 Å². The number of fused-ring (bicyclic) bond motifs is 1. The van der Waals surface area contributed by atoms with Gasteiger partial charge in [-0.1, -0.05) is 72.8 Å². The molecular weight excluding hydrogens is 394 g/mol. The highest BCUT2D eigenvalue weighted by Crippen LogP contribution is 2.23. The molecular formula is C24H21N3O2S. The lowest BCUT2D eigenvalue weighted by molar-refractivity contribution is -0.124. The van der Waals surface area contributed by atoms with Crippen LogP contribution >= 0.6 is 12.2 Å². The van der Waals surface area contributed by atoms with Crippen molar-refractivity contribution in [3.63, 3.8) is 0 Å². The van der Waals surface area contributed by atoms with E-state index >= 15 is 0 Å². The fourth-order valence-corrected chi connectivity index (χ4v) is 3.91. The first-order chi connectivity index (χ1) is 14.6. The van der Waals surface area contributed by atoms with E-state index < -0.39 is 6.04 Å². The minimum absolute atomic E-state index is 0.220. The highest BCUT2D eigenvalue weighted by atomic mass is 32.1. The Labute approximate surface area is 179 Å². The van der Waals surface area contributed by atoms with Crippen LogP contribution in [0.3, 0.4) is 0 Å². The second-order valence-corrected chi connectivity index (χ2v) is 7.48. The molecule has 0 aliphatic rings. The largest absolute Gasteiger partial charge is 0.343 e. The number of hydrogen-bond donors (Lipinski definition) is 2. The molecule has 1 heterocycles. The van der Waals surface area contributed by atoms with Crippen molar-refractivity contribution in [3.05, 3.63) is 111 Å². The second-order valence-electron chi connectivity index (χ2n) is 7.09. The Hall–Kier alpha value is -3.51. The Morgan fingerprint density at radius 3 is 2.03 bits per heavy atom. The van der Waals surface area contributed by atoms with Gasteiger partial charge in [0.05, 0.1) is 16.9 Å². The predicted molar refractivity (Wildman–Crippen MR) is 121 cm³/mol. The van der Waals surface area contributed by atoms with Gasteiger partial charge in [-0.25, -0.2) is 0 Å². The summed E-state index contributed by atoms with van der Waals surface area (Å²) in [7, 11) is 0. The average Bonchev–Trinajstić information content (AvgIpc) is 2.78. The number of aromatic amines is 1. The molecule has 0 fully saturated rings. The van der Waals surface area contributed by atoms with Gasteiger partial charge >= 0.3 is 0 Å². The van der Waals surface area contributed by atoms with Crippen molar-refractivity contribution in [2.24, 2.45) is 0 Å². The van der Waals surface area contributed by atoms with E-state index in [1.807, 2.05) is 66.7 Å². The van der Waals surface area contributed by atoms with Crippen molar-refractivity contribution in [1.82, 2.24) is 14.9 Å². The van der Waals surface area contributed by atoms with Gasteiger partial charge in [0.15, 0.2) is 4.77 Å². The van der Waals surface area contributed by atoms with Gasteiger partial charge < -0.3 is 10.3 Å². The molecule has 4 rings (SSSR count). The summed E-state index contributed by atoms with van der Waals surface area (Å²) in [5, 5.41) is 3.59. The van der Waals surface area contributed by atoms with Crippen LogP contribution in [-0.4, -0.2) is 15.5 Å². The quantitative estimate of drug-likeness (QED) is 0.471. The van der Waals surface area contributed by atoms with Crippen LogP contribution in [0.1, 0.15) is 30.1 Å². The van der Waals surface area contributed by atoms with Gasteiger partial charge in [-0.2, -0.15) is 0 Å². The molecule has 4 aromatic rings. The van der Waals surface area contributed by atoms with E-state index in [9.17, 15) is 9.59 Å². The standard InChI is InChI=1S/C24H21N3O2S/c1-16(27-23(29)19-14-8-9-15-20(19)25-24(27)30)22(28)26-21(17-10-4-2-5-11-17)18-12-6-3-7-13-18/h2-16,21H,1H3,(H,25,30)(H,26,28)/t16-/m0/s1. The van der Waals surface area contributed by atoms with Crippen LogP contribution in [0.25, 0.3) is 10.9 Å². The van der Waals surface area contributed by atoms with Gasteiger partial charge in [-0.15, -0.1) is 0 Å². The number of rotatable bonds is 5. The molecule has 0 bridgehead atoms. The third-order valence-corrected chi connectivity index (χ3v) is 5.45. The number of nitrogens with zero attached hydrogens (tertiary/aromatic N) is 1. The Bertz CT molecular complexity index is 1260. The Morgan fingerprint density at radius 1 is 0.900 bits per heavy atom. The molecule has 30 heavy (non-hydrogen) atoms. The molecule has 0 unspecified atom stereocenters. The summed E-state index contributed by atoms with van der Waals surface area (Å²) in [6.45, 7) is 1.68. The van der Waals surface area contributed by atoms with Crippen LogP contribution in [0.15, 0.2) is 89.7 Å². The smallest absolute Gasteiger partial charge is 0.262 e. The summed E-state index contributed by atoms with van der Waals surface area (Å²) in [5.74, 6) is -0.287. The van der Waals surface area contributed by atoms with Crippen LogP contribution in [0, 0.1) is 4.77 Å². The van der Waals surface area contributed by atoms with E-state index in [2.05, 4.69) is 10.3 Å². The molecule has 6 heteroatoms. The normalized spacial score (nSPS) is 12.1. The zero-order chi connectivity index (χ0) is 21.1. The number of para-hydroxylation sites is 1. The maximum atomic E-state index is 13.2. The molecule has 1 amide bonds. The molecule has 0 aliphatic carbocycles. The number of hydrogen-bond acceptors (Lipinski definition) is 3. The van der Waals surface area contributed by atoms with Crippen LogP contribution < -0.4 is 10.9 Å². The molecule has 0 spiro atoms. The van der Waals surface area contributed by atoms with Gasteiger partial charge in [0.2, 0.25) is 5.91 Å². The molecule has 2 N–H and O–H groups in total. The van der Waals surface area contributed by atoms with Gasteiger partial charge in [0, 0.05) is 0 Å². The van der Waals surface area contributed by atoms with Crippen LogP contribution in [0.2, 0.25) is 0 Å². The van der Waals surface area contributed by atoms with E-state index in [1.54, 1.807) is 25.1 Å². The molecule has 3 aromatic carbocycles. The third-order valence-electron chi connectivity index (χ3n) is 5.16. The topological polar surface area (TPSA) is 66.9 Å². The van der Waals surface area contributed by atoms with E-state index in [0.29, 0.717) is 10.9 Å². The molecule has 5 nitrogen and oxygen atoms in total. The highest BCUT2D eigenvalue weighted by Gasteiger charge is 2.23. The molecule has 0 aliphatic heterocycles. The molecule has 0 saturated heterocycles. The number of nitrogens with one attached hydrogen (secondary N) is 2. The summed E-state index contributed by atoms with van der Waals surface area (Å²) >= 11 is 5.39. The number of benzene rings is 3. The fraction of sp³-hybridized carbons (Fsp3) is 0.125. The Kier molecular flexibility index (Phi) is 5.59. The minimum atomic E-state index is -0.777. The first-order valence-corrected chi connectivity index (χ1v) is 10.1. The van der Waals surface area contributed by atoms with Crippen LogP contribution in [0.5, 0.6) is 0 Å². The van der Waals surface area contributed by atoms with Gasteiger partial charge in [0.25, 0.3) is 5.56 Å². The number of carbonyl (C=O) groups excluding carboxylic acids is 1. The molecule has 1 aromatic heterocycles. The van der Waals surface area contributed by atoms with Crippen molar-refractivity contribution in [1.29, 1.82) is 0 Å². The molecule has 0 saturated carbocycles. The fourth-order valence-electron chi connectivity index (χ4n) is 3.56. The second kappa shape index (κ2) is 8.47. The zero-order valence-corrected chi connectivity index (χ0v) is 17.2. The zero-order valence-electron chi connectivity index (χ0n) is 16.4. The molecule has 0 radical (unpaired) electrons. The maximum absolute atomic E-state index is 13.2. The first-order valence-electron chi connectivity index (χ1n) is 9.70. The highest BCUT2D eigenvalue weighted by molar-refractivity contribution is 7.71. The maximum Gasteiger partial charge on any atom is 0.262 e. The molecule has 150 valence electrons. The summed E-state index contributed by atoms with van der Waals surface area (Å²) in [6.07, 6.45) is 0. The number of H-pyrrole nitrogens is 1. The molecule has 1 atom stereocenters. The lowest BCUT2D eigenvalue weighted by Crippen LogP contribution is -2.38. The minimum Gasteiger partial charge on any atom is -0.343 e. The van der Waals surface area contributed by atoms with Gasteiger partial charge in [-0.3, -0.25) is 14.2 Å². The monoisotopic (exact) mass is 415 g/mol. The van der Waals surface area contributed by atoms with Crippen molar-refractivity contribution in [3.8, 4) is 0 Å². The predicted octanol–water partition coefficient (Wildman–Crippen LogP) is 4.53. The Balaban J connectivity index is 1.71. The van der Waals surface area contributed by atoms with E-state index in [0.717, 1.165) is 11.1 Å². The van der Waals surface area contributed by atoms with Crippen LogP contribution in [0.4, 0.5) is 0 Å². The summed E-state index contributed by atoms with van der Waals surface area (Å²) in [5.41, 5.74) is 2.29. The summed E-state index contributed by atoms with van der Waals surface area (Å²) in [4.78, 5) is 29.3. The van der Waals surface area contributed by atoms with Gasteiger partial charge in [-0.05, 0) is 42.4 Å². The van der Waals surface area contributed by atoms with E-state index in [-0.39, 0.29) is 22.3 Å². The van der Waals surface area contributed by atoms with Crippen molar-refractivity contribution >= 4 is 29.0 Å². The van der Waals surface area contributed by atoms with Gasteiger partial charge in [0.1, 0.15) is 6.04 Å². The van der Waals surface area contributed by atoms with E-state index in [1.165, 1.54) is 4.57 Å². The van der Waals surface area contributed by atoms with Crippen LogP contribution in [-0.2, 0) is 4.79 Å². The number of aromatic nitrogens is 2. The third kappa shape index (κ3) is 3.82.